The normalized spacial score (nSPS) is 37.2. The second-order valence-corrected chi connectivity index (χ2v) is 7.54. The van der Waals surface area contributed by atoms with Crippen LogP contribution in [0.15, 0.2) is 12.2 Å². The number of quaternary nitrogens is 2. The van der Waals surface area contributed by atoms with Crippen molar-refractivity contribution in [3.63, 3.8) is 0 Å². The molecule has 1 unspecified atom stereocenters. The van der Waals surface area contributed by atoms with Gasteiger partial charge in [-0.05, 0) is 12.8 Å². The van der Waals surface area contributed by atoms with Crippen molar-refractivity contribution in [1.82, 2.24) is 0 Å². The maximum atomic E-state index is 2.48. The Morgan fingerprint density at radius 3 is 2.06 bits per heavy atom. The molecule has 3 atom stereocenters. The van der Waals surface area contributed by atoms with Gasteiger partial charge in [-0.3, -0.25) is 0 Å². The Morgan fingerprint density at radius 2 is 1.59 bits per heavy atom. The lowest BCUT2D eigenvalue weighted by atomic mass is 9.86. The summed E-state index contributed by atoms with van der Waals surface area (Å²) in [7, 11) is 9.38. The monoisotopic (exact) mass is 238 g/mol. The van der Waals surface area contributed by atoms with Crippen LogP contribution < -0.4 is 0 Å². The first-order chi connectivity index (χ1) is 7.88. The van der Waals surface area contributed by atoms with Crippen LogP contribution in [0.2, 0.25) is 0 Å². The van der Waals surface area contributed by atoms with E-state index in [0.717, 1.165) is 16.3 Å². The van der Waals surface area contributed by atoms with Crippen LogP contribution in [0.3, 0.4) is 0 Å². The Morgan fingerprint density at radius 1 is 1.06 bits per heavy atom. The highest BCUT2D eigenvalue weighted by Gasteiger charge is 2.42. The predicted molar refractivity (Wildman–Crippen MR) is 73.7 cm³/mol. The van der Waals surface area contributed by atoms with Gasteiger partial charge in [0.2, 0.25) is 0 Å². The number of hydrogen-bond acceptors (Lipinski definition) is 0. The van der Waals surface area contributed by atoms with Crippen LogP contribution in [0, 0.1) is 11.8 Å². The molecule has 0 N–H and O–H groups in total. The molecule has 0 aromatic carbocycles. The fourth-order valence-corrected chi connectivity index (χ4v) is 3.69. The first kappa shape index (κ1) is 13.1. The van der Waals surface area contributed by atoms with E-state index in [1.54, 1.807) is 0 Å². The smallest absolute Gasteiger partial charge is 0.0839 e. The fraction of sp³-hybridized carbons (Fsp3) is 0.867. The van der Waals surface area contributed by atoms with E-state index >= 15 is 0 Å². The van der Waals surface area contributed by atoms with E-state index < -0.39 is 0 Å². The summed E-state index contributed by atoms with van der Waals surface area (Å²) in [6.07, 6.45) is 8.86. The highest BCUT2D eigenvalue weighted by Crippen LogP contribution is 2.36. The first-order valence-electron chi connectivity index (χ1n) is 7.17. The number of allylic oxidation sites excluding steroid dienone is 2. The van der Waals surface area contributed by atoms with Crippen LogP contribution in [0.5, 0.6) is 0 Å². The molecular weight excluding hydrogens is 208 g/mol. The lowest BCUT2D eigenvalue weighted by Crippen LogP contribution is -2.45. The Balaban J connectivity index is 1.81. The quantitative estimate of drug-likeness (QED) is 0.520. The van der Waals surface area contributed by atoms with Gasteiger partial charge in [-0.2, -0.15) is 0 Å². The lowest BCUT2D eigenvalue weighted by molar-refractivity contribution is -0.909. The summed E-state index contributed by atoms with van der Waals surface area (Å²) >= 11 is 0. The molecule has 0 radical (unpaired) electrons. The molecule has 1 heterocycles. The van der Waals surface area contributed by atoms with Crippen molar-refractivity contribution in [2.75, 3.05) is 54.4 Å². The van der Waals surface area contributed by atoms with Crippen LogP contribution in [-0.2, 0) is 0 Å². The zero-order valence-electron chi connectivity index (χ0n) is 12.2. The van der Waals surface area contributed by atoms with E-state index in [0.29, 0.717) is 0 Å². The Kier molecular flexibility index (Phi) is 3.65. The van der Waals surface area contributed by atoms with Crippen molar-refractivity contribution >= 4 is 0 Å². The van der Waals surface area contributed by atoms with Gasteiger partial charge in [0.25, 0.3) is 0 Å². The van der Waals surface area contributed by atoms with Gasteiger partial charge in [-0.25, -0.2) is 0 Å². The van der Waals surface area contributed by atoms with Crippen molar-refractivity contribution in [2.24, 2.45) is 11.8 Å². The SMILES string of the molecule is C[N+](C)(C)CCC[N+]1(C)C[C@H]2CC=CC[C@H]2C1. The van der Waals surface area contributed by atoms with Crippen molar-refractivity contribution in [1.29, 1.82) is 0 Å². The molecular formula is C15H30N2+2. The van der Waals surface area contributed by atoms with E-state index in [2.05, 4.69) is 40.3 Å². The molecule has 1 aliphatic heterocycles. The second kappa shape index (κ2) is 4.74. The molecule has 2 heteroatoms. The van der Waals surface area contributed by atoms with Gasteiger partial charge in [-0.15, -0.1) is 0 Å². The van der Waals surface area contributed by atoms with E-state index in [-0.39, 0.29) is 0 Å². The standard InChI is InChI=1S/C15H30N2/c1-16(2,3)10-7-11-17(4)12-14-8-5-6-9-15(14)13-17/h5-6,14-15H,7-13H2,1-4H3/q+2/t14-,15+,17?. The van der Waals surface area contributed by atoms with Crippen molar-refractivity contribution in [3.8, 4) is 0 Å². The third-order valence-electron chi connectivity index (χ3n) is 4.59. The van der Waals surface area contributed by atoms with Gasteiger partial charge in [0.1, 0.15) is 0 Å². The molecule has 0 saturated carbocycles. The van der Waals surface area contributed by atoms with Crippen LogP contribution >= 0.6 is 0 Å². The topological polar surface area (TPSA) is 0 Å². The minimum absolute atomic E-state index is 0.981. The largest absolute Gasteiger partial charge is 0.331 e. The molecule has 0 aromatic heterocycles. The van der Waals surface area contributed by atoms with Gasteiger partial charge in [0.05, 0.1) is 54.4 Å². The summed E-state index contributed by atoms with van der Waals surface area (Å²) < 4.78 is 2.44. The number of fused-ring (bicyclic) bond motifs is 1. The first-order valence-corrected chi connectivity index (χ1v) is 7.17. The molecule has 0 amide bonds. The highest BCUT2D eigenvalue weighted by atomic mass is 15.4. The van der Waals surface area contributed by atoms with Crippen LogP contribution in [-0.4, -0.2) is 63.3 Å². The number of nitrogens with zero attached hydrogens (tertiary/aromatic N) is 2. The molecule has 1 saturated heterocycles. The zero-order chi connectivity index (χ0) is 12.5. The molecule has 0 aromatic rings. The number of hydrogen-bond donors (Lipinski definition) is 0. The average molecular weight is 238 g/mol. The maximum absolute atomic E-state index is 2.48. The van der Waals surface area contributed by atoms with Crippen LogP contribution in [0.4, 0.5) is 0 Å². The molecule has 17 heavy (non-hydrogen) atoms. The third kappa shape index (κ3) is 3.56. The number of likely N-dealkylation sites (tertiary alicyclic amines) is 1. The molecule has 0 bridgehead atoms. The van der Waals surface area contributed by atoms with Gasteiger partial charge >= 0.3 is 0 Å². The molecule has 1 aliphatic carbocycles. The van der Waals surface area contributed by atoms with Crippen LogP contribution in [0.25, 0.3) is 0 Å². The summed E-state index contributed by atoms with van der Waals surface area (Å²) in [5, 5.41) is 0. The van der Waals surface area contributed by atoms with E-state index in [1.165, 1.54) is 49.9 Å². The van der Waals surface area contributed by atoms with E-state index in [9.17, 15) is 0 Å². The van der Waals surface area contributed by atoms with Gasteiger partial charge in [0.15, 0.2) is 0 Å². The summed E-state index contributed by atoms with van der Waals surface area (Å²) in [4.78, 5) is 0. The molecule has 1 fully saturated rings. The van der Waals surface area contributed by atoms with Gasteiger partial charge in [0, 0.05) is 18.3 Å². The van der Waals surface area contributed by atoms with Crippen molar-refractivity contribution in [3.05, 3.63) is 12.2 Å². The minimum atomic E-state index is 0.981. The predicted octanol–water partition coefficient (Wildman–Crippen LogP) is 2.13. The maximum Gasteiger partial charge on any atom is 0.0839 e. The Bertz CT molecular complexity index is 272. The molecule has 2 rings (SSSR count). The fourth-order valence-electron chi connectivity index (χ4n) is 3.69. The Labute approximate surface area is 107 Å². The van der Waals surface area contributed by atoms with Crippen molar-refractivity contribution in [2.45, 2.75) is 19.3 Å². The average Bonchev–Trinajstić information content (AvgIpc) is 2.51. The molecule has 2 aliphatic rings. The summed E-state index contributed by atoms with van der Waals surface area (Å²) in [6, 6.07) is 0. The van der Waals surface area contributed by atoms with Crippen molar-refractivity contribution < 1.29 is 8.97 Å². The van der Waals surface area contributed by atoms with E-state index in [4.69, 9.17) is 0 Å². The van der Waals surface area contributed by atoms with E-state index in [1.807, 2.05) is 0 Å². The molecule has 98 valence electrons. The lowest BCUT2D eigenvalue weighted by Gasteiger charge is -2.32. The summed E-state index contributed by atoms with van der Waals surface area (Å²) in [5.74, 6) is 1.96. The molecule has 2 nitrogen and oxygen atoms in total. The van der Waals surface area contributed by atoms with Crippen LogP contribution in [0.1, 0.15) is 19.3 Å². The number of rotatable bonds is 4. The molecule has 0 spiro atoms. The van der Waals surface area contributed by atoms with Gasteiger partial charge < -0.3 is 8.97 Å². The second-order valence-electron chi connectivity index (χ2n) is 7.54. The summed E-state index contributed by atoms with van der Waals surface area (Å²) in [6.45, 7) is 5.53. The Hall–Kier alpha value is -0.340. The highest BCUT2D eigenvalue weighted by molar-refractivity contribution is 4.96. The van der Waals surface area contributed by atoms with Gasteiger partial charge in [-0.1, -0.05) is 12.2 Å². The third-order valence-corrected chi connectivity index (χ3v) is 4.59. The summed E-state index contributed by atoms with van der Waals surface area (Å²) in [5.41, 5.74) is 0. The zero-order valence-corrected chi connectivity index (χ0v) is 12.2. The minimum Gasteiger partial charge on any atom is -0.331 e.